The van der Waals surface area contributed by atoms with Gasteiger partial charge in [0, 0.05) is 12.0 Å². The number of hydrogen-bond acceptors (Lipinski definition) is 4. The smallest absolute Gasteiger partial charge is 0.229 e. The van der Waals surface area contributed by atoms with Crippen molar-refractivity contribution in [1.82, 2.24) is 9.97 Å². The summed E-state index contributed by atoms with van der Waals surface area (Å²) in [6.45, 7) is 0. The van der Waals surface area contributed by atoms with Gasteiger partial charge in [0.15, 0.2) is 5.82 Å². The molecule has 2 N–H and O–H groups in total. The normalized spacial score (nSPS) is 10.5. The highest BCUT2D eigenvalue weighted by Crippen LogP contribution is 2.22. The molecule has 1 amide bonds. The molecule has 0 aliphatic rings. The monoisotopic (exact) mass is 395 g/mol. The van der Waals surface area contributed by atoms with Crippen LogP contribution in [0.25, 0.3) is 11.3 Å². The van der Waals surface area contributed by atoms with E-state index in [1.54, 1.807) is 30.5 Å². The quantitative estimate of drug-likeness (QED) is 0.499. The summed E-state index contributed by atoms with van der Waals surface area (Å²) in [7, 11) is 0. The lowest BCUT2D eigenvalue weighted by Gasteiger charge is -2.12. The van der Waals surface area contributed by atoms with E-state index in [0.29, 0.717) is 17.9 Å². The number of anilines is 1. The van der Waals surface area contributed by atoms with Gasteiger partial charge in [-0.1, -0.05) is 72.8 Å². The fraction of sp³-hybridized carbons (Fsp3) is 0.0800. The number of phenolic OH excluding ortho intramolecular Hbond substituents is 1. The van der Waals surface area contributed by atoms with Crippen LogP contribution in [0.3, 0.4) is 0 Å². The van der Waals surface area contributed by atoms with Crippen LogP contribution in [0.2, 0.25) is 0 Å². The van der Waals surface area contributed by atoms with Crippen LogP contribution < -0.4 is 5.32 Å². The van der Waals surface area contributed by atoms with Crippen molar-refractivity contribution in [3.63, 3.8) is 0 Å². The molecule has 0 saturated carbocycles. The Balaban J connectivity index is 1.60. The lowest BCUT2D eigenvalue weighted by molar-refractivity contribution is -0.115. The molecule has 148 valence electrons. The highest BCUT2D eigenvalue weighted by molar-refractivity contribution is 5.92. The molecule has 1 heterocycles. The summed E-state index contributed by atoms with van der Waals surface area (Å²) in [5.74, 6) is 0.450. The Kier molecular flexibility index (Phi) is 5.80. The first-order valence-corrected chi connectivity index (χ1v) is 9.70. The van der Waals surface area contributed by atoms with Crippen LogP contribution >= 0.6 is 0 Å². The van der Waals surface area contributed by atoms with Gasteiger partial charge in [0.25, 0.3) is 0 Å². The molecule has 5 nitrogen and oxygen atoms in total. The number of aromatic nitrogens is 2. The third-order valence-corrected chi connectivity index (χ3v) is 4.69. The van der Waals surface area contributed by atoms with E-state index in [9.17, 15) is 9.90 Å². The molecule has 0 aliphatic heterocycles. The van der Waals surface area contributed by atoms with E-state index in [0.717, 1.165) is 22.4 Å². The van der Waals surface area contributed by atoms with Gasteiger partial charge < -0.3 is 10.4 Å². The van der Waals surface area contributed by atoms with Crippen molar-refractivity contribution in [2.75, 3.05) is 5.32 Å². The number of hydrogen-bond donors (Lipinski definition) is 2. The van der Waals surface area contributed by atoms with Crippen molar-refractivity contribution in [2.24, 2.45) is 0 Å². The Labute approximate surface area is 175 Å². The largest absolute Gasteiger partial charge is 0.508 e. The number of carbonyl (C=O) groups excluding carboxylic acids is 1. The zero-order valence-corrected chi connectivity index (χ0v) is 16.3. The van der Waals surface area contributed by atoms with Crippen molar-refractivity contribution in [3.8, 4) is 17.0 Å². The second-order valence-corrected chi connectivity index (χ2v) is 6.97. The number of aromatic hydroxyl groups is 1. The maximum absolute atomic E-state index is 12.6. The average molecular weight is 395 g/mol. The van der Waals surface area contributed by atoms with Crippen molar-refractivity contribution in [1.29, 1.82) is 0 Å². The van der Waals surface area contributed by atoms with Crippen LogP contribution in [0.5, 0.6) is 5.75 Å². The summed E-state index contributed by atoms with van der Waals surface area (Å²) in [5.41, 5.74) is 4.34. The first-order valence-electron chi connectivity index (χ1n) is 9.70. The Morgan fingerprint density at radius 2 is 1.50 bits per heavy atom. The van der Waals surface area contributed by atoms with Gasteiger partial charge in [-0.2, -0.15) is 0 Å². The summed E-state index contributed by atoms with van der Waals surface area (Å²) in [6.07, 6.45) is 2.43. The van der Waals surface area contributed by atoms with Crippen molar-refractivity contribution in [2.45, 2.75) is 12.8 Å². The molecule has 0 bridgehead atoms. The fourth-order valence-corrected chi connectivity index (χ4v) is 3.17. The lowest BCUT2D eigenvalue weighted by Crippen LogP contribution is -2.17. The molecular weight excluding hydrogens is 374 g/mol. The van der Waals surface area contributed by atoms with E-state index >= 15 is 0 Å². The van der Waals surface area contributed by atoms with Gasteiger partial charge in [-0.05, 0) is 23.3 Å². The molecule has 0 radical (unpaired) electrons. The summed E-state index contributed by atoms with van der Waals surface area (Å²) in [6, 6.07) is 26.4. The van der Waals surface area contributed by atoms with Gasteiger partial charge in [0.2, 0.25) is 5.91 Å². The highest BCUT2D eigenvalue weighted by Gasteiger charge is 2.13. The summed E-state index contributed by atoms with van der Waals surface area (Å²) in [4.78, 5) is 21.9. The zero-order valence-electron chi connectivity index (χ0n) is 16.3. The number of amides is 1. The number of benzene rings is 3. The predicted molar refractivity (Wildman–Crippen MR) is 117 cm³/mol. The minimum Gasteiger partial charge on any atom is -0.508 e. The second kappa shape index (κ2) is 9.01. The van der Waals surface area contributed by atoms with E-state index < -0.39 is 0 Å². The third-order valence-electron chi connectivity index (χ3n) is 4.69. The first-order chi connectivity index (χ1) is 14.7. The molecule has 30 heavy (non-hydrogen) atoms. The van der Waals surface area contributed by atoms with Crippen LogP contribution in [0.1, 0.15) is 16.8 Å². The zero-order chi connectivity index (χ0) is 20.8. The second-order valence-electron chi connectivity index (χ2n) is 6.97. The average Bonchev–Trinajstić information content (AvgIpc) is 2.78. The minimum atomic E-state index is -0.184. The maximum atomic E-state index is 12.6. The summed E-state index contributed by atoms with van der Waals surface area (Å²) in [5, 5.41) is 12.3. The molecular formula is C25H21N3O2. The maximum Gasteiger partial charge on any atom is 0.229 e. The topological polar surface area (TPSA) is 75.1 Å². The Morgan fingerprint density at radius 3 is 2.20 bits per heavy atom. The molecule has 0 saturated heterocycles. The van der Waals surface area contributed by atoms with Gasteiger partial charge in [0.05, 0.1) is 24.0 Å². The van der Waals surface area contributed by atoms with Crippen molar-refractivity contribution < 1.29 is 9.90 Å². The number of phenols is 1. The van der Waals surface area contributed by atoms with Crippen molar-refractivity contribution in [3.05, 3.63) is 108 Å². The summed E-state index contributed by atoms with van der Waals surface area (Å²) < 4.78 is 0. The van der Waals surface area contributed by atoms with Gasteiger partial charge in [-0.25, -0.2) is 9.97 Å². The lowest BCUT2D eigenvalue weighted by atomic mass is 10.1. The standard InChI is InChI=1S/C25H21N3O2/c29-21-13-11-19(12-14-21)16-24(30)28-25-22(15-18-7-3-1-4-8-18)27-23(17-26-25)20-9-5-2-6-10-20/h1-14,17,29H,15-16H2,(H,26,28,30). The molecule has 1 aromatic heterocycles. The number of nitrogens with one attached hydrogen (secondary N) is 1. The van der Waals surface area contributed by atoms with Crippen LogP contribution in [0.4, 0.5) is 5.82 Å². The van der Waals surface area contributed by atoms with E-state index in [1.165, 1.54) is 0 Å². The van der Waals surface area contributed by atoms with Gasteiger partial charge in [-0.15, -0.1) is 0 Å². The third kappa shape index (κ3) is 4.89. The van der Waals surface area contributed by atoms with Gasteiger partial charge >= 0.3 is 0 Å². The predicted octanol–water partition coefficient (Wildman–Crippen LogP) is 4.62. The molecule has 0 spiro atoms. The molecule has 0 unspecified atom stereocenters. The van der Waals surface area contributed by atoms with Gasteiger partial charge in [0.1, 0.15) is 5.75 Å². The van der Waals surface area contributed by atoms with Crippen LogP contribution in [-0.2, 0) is 17.6 Å². The Bertz CT molecular complexity index is 1130. The molecule has 4 rings (SSSR count). The molecule has 0 fully saturated rings. The number of rotatable bonds is 6. The van der Waals surface area contributed by atoms with Crippen molar-refractivity contribution >= 4 is 11.7 Å². The Hall–Kier alpha value is -3.99. The fourth-order valence-electron chi connectivity index (χ4n) is 3.17. The molecule has 5 heteroatoms. The number of carbonyl (C=O) groups is 1. The minimum absolute atomic E-state index is 0.173. The van der Waals surface area contributed by atoms with E-state index in [4.69, 9.17) is 4.98 Å². The van der Waals surface area contributed by atoms with Gasteiger partial charge in [-0.3, -0.25) is 4.79 Å². The van der Waals surface area contributed by atoms with E-state index in [-0.39, 0.29) is 18.1 Å². The first kappa shape index (κ1) is 19.3. The molecule has 0 atom stereocenters. The Morgan fingerprint density at radius 1 is 0.833 bits per heavy atom. The number of nitrogens with zero attached hydrogens (tertiary/aromatic N) is 2. The highest BCUT2D eigenvalue weighted by atomic mass is 16.3. The van der Waals surface area contributed by atoms with E-state index in [1.807, 2.05) is 60.7 Å². The van der Waals surface area contributed by atoms with Crippen LogP contribution in [0.15, 0.2) is 91.1 Å². The van der Waals surface area contributed by atoms with E-state index in [2.05, 4.69) is 10.3 Å². The molecule has 4 aromatic rings. The molecule has 3 aromatic carbocycles. The van der Waals surface area contributed by atoms with Crippen LogP contribution in [-0.4, -0.2) is 21.0 Å². The SMILES string of the molecule is O=C(Cc1ccc(O)cc1)Nc1ncc(-c2ccccc2)nc1Cc1ccccc1. The summed E-state index contributed by atoms with van der Waals surface area (Å²) >= 11 is 0. The molecule has 0 aliphatic carbocycles. The van der Waals surface area contributed by atoms with Crippen LogP contribution in [0, 0.1) is 0 Å².